The van der Waals surface area contributed by atoms with Crippen molar-refractivity contribution in [3.8, 4) is 22.8 Å². The van der Waals surface area contributed by atoms with Crippen LogP contribution in [0.1, 0.15) is 45.0 Å². The number of hydrogen-bond donors (Lipinski definition) is 0. The van der Waals surface area contributed by atoms with Gasteiger partial charge in [-0.3, -0.25) is 4.98 Å². The second-order valence-electron chi connectivity index (χ2n) is 11.8. The third kappa shape index (κ3) is 10.5. The SMILES string of the molecule is Cc1c(C)[n+](C)[c-]n1-c1[c-]cc(C(F)(F)F)cc1C(F)(F)F.Cc1c(C)[n+](C)[c-]n1-c1[c-]cc(C(F)(F)F)cc1C(F)(F)F.[Ir].c1ccc(-c2ccn[n-]2)nc1. The summed E-state index contributed by atoms with van der Waals surface area (Å²) < 4.78 is 160. The molecule has 6 rings (SSSR count). The fourth-order valence-corrected chi connectivity index (χ4v) is 4.84. The maximum Gasteiger partial charge on any atom is 0.370 e. The number of benzene rings is 2. The van der Waals surface area contributed by atoms with Crippen molar-refractivity contribution in [1.29, 1.82) is 0 Å². The van der Waals surface area contributed by atoms with Crippen LogP contribution in [-0.4, -0.2) is 19.2 Å². The summed E-state index contributed by atoms with van der Waals surface area (Å²) in [5, 5.41) is 7.58. The van der Waals surface area contributed by atoms with Gasteiger partial charge < -0.3 is 28.5 Å². The van der Waals surface area contributed by atoms with Gasteiger partial charge in [0, 0.05) is 61.0 Å². The van der Waals surface area contributed by atoms with Crippen LogP contribution < -0.4 is 14.2 Å². The van der Waals surface area contributed by atoms with E-state index >= 15 is 0 Å². The molecule has 6 aromatic rings. The van der Waals surface area contributed by atoms with Gasteiger partial charge in [0.2, 0.25) is 12.7 Å². The molecule has 4 heterocycles. The number of aryl methyl sites for hydroxylation is 2. The van der Waals surface area contributed by atoms with E-state index in [0.29, 0.717) is 34.9 Å². The van der Waals surface area contributed by atoms with Gasteiger partial charge in [0.05, 0.1) is 14.1 Å². The molecule has 0 unspecified atom stereocenters. The standard InChI is InChI=1S/2C14H11F6N2.C8H6N3.Ir/c2*1-8-9(2)22(7-21(8)3)12-5-4-10(13(15,16)17)6-11(12)14(18,19)20;1-2-5-9-7(3-1)8-4-6-10-11-8;/h2*4,6H,1-3H3;1-6H;/q3*-1;. The average Bonchev–Trinajstić information content (AvgIpc) is 3.80. The van der Waals surface area contributed by atoms with Crippen molar-refractivity contribution < 1.29 is 81.9 Å². The molecule has 0 N–H and O–H groups in total. The maximum absolute atomic E-state index is 13.1. The molecule has 0 fully saturated rings. The van der Waals surface area contributed by atoms with Crippen LogP contribution in [0.4, 0.5) is 52.7 Å². The van der Waals surface area contributed by atoms with Crippen LogP contribution in [-0.2, 0) is 58.9 Å². The van der Waals surface area contributed by atoms with Crippen molar-refractivity contribution in [2.45, 2.75) is 52.4 Å². The molecule has 0 bridgehead atoms. The van der Waals surface area contributed by atoms with E-state index in [1.165, 1.54) is 9.13 Å². The van der Waals surface area contributed by atoms with Crippen molar-refractivity contribution >= 4 is 0 Å². The normalized spacial score (nSPS) is 12.0. The van der Waals surface area contributed by atoms with Crippen LogP contribution in [0.2, 0.25) is 0 Å². The van der Waals surface area contributed by atoms with Crippen molar-refractivity contribution in [1.82, 2.24) is 24.3 Å². The van der Waals surface area contributed by atoms with Gasteiger partial charge in [-0.25, -0.2) is 0 Å². The number of halogens is 12. The zero-order valence-electron chi connectivity index (χ0n) is 29.8. The van der Waals surface area contributed by atoms with Crippen LogP contribution in [0.15, 0.2) is 60.9 Å². The first-order valence-electron chi connectivity index (χ1n) is 15.5. The molecule has 7 nitrogen and oxygen atoms in total. The van der Waals surface area contributed by atoms with Crippen LogP contribution >= 0.6 is 0 Å². The predicted octanol–water partition coefficient (Wildman–Crippen LogP) is 8.21. The van der Waals surface area contributed by atoms with Gasteiger partial charge in [-0.1, -0.05) is 51.5 Å². The summed E-state index contributed by atoms with van der Waals surface area (Å²) in [6.07, 6.45) is -11.0. The first-order chi connectivity index (χ1) is 25.3. The number of nitrogens with zero attached hydrogens (tertiary/aromatic N) is 7. The van der Waals surface area contributed by atoms with Crippen LogP contribution in [0.5, 0.6) is 0 Å². The topological polar surface area (TPSA) is 57.5 Å². The van der Waals surface area contributed by atoms with Crippen LogP contribution in [0.25, 0.3) is 22.8 Å². The summed E-state index contributed by atoms with van der Waals surface area (Å²) in [5.74, 6) is 0. The van der Waals surface area contributed by atoms with E-state index in [0.717, 1.165) is 20.5 Å². The van der Waals surface area contributed by atoms with Crippen LogP contribution in [0.3, 0.4) is 0 Å². The number of rotatable bonds is 3. The minimum atomic E-state index is -4.94. The Kier molecular flexibility index (Phi) is 13.8. The van der Waals surface area contributed by atoms with E-state index < -0.39 is 58.3 Å². The van der Waals surface area contributed by atoms with Gasteiger partial charge in [-0.05, 0) is 39.8 Å². The molecule has 0 saturated heterocycles. The monoisotopic (exact) mass is 979 g/mol. The molecular formula is C36H28F12IrN7-3. The molecule has 2 aromatic carbocycles. The van der Waals surface area contributed by atoms with E-state index in [4.69, 9.17) is 0 Å². The fourth-order valence-electron chi connectivity index (χ4n) is 4.84. The van der Waals surface area contributed by atoms with Gasteiger partial charge in [-0.15, -0.1) is 0 Å². The van der Waals surface area contributed by atoms with E-state index in [1.54, 1.807) is 54.2 Å². The first kappa shape index (κ1) is 45.4. The van der Waals surface area contributed by atoms with Gasteiger partial charge in [0.25, 0.3) is 0 Å². The zero-order valence-corrected chi connectivity index (χ0v) is 32.2. The molecule has 0 atom stereocenters. The molecular weight excluding hydrogens is 951 g/mol. The molecule has 20 heteroatoms. The molecule has 0 aliphatic rings. The fraction of sp³-hybridized carbons (Fsp3) is 0.278. The molecule has 56 heavy (non-hydrogen) atoms. The largest absolute Gasteiger partial charge is 0.574 e. The van der Waals surface area contributed by atoms with Crippen molar-refractivity contribution in [3.05, 3.63) is 131 Å². The Hall–Kier alpha value is -4.97. The number of pyridine rings is 1. The zero-order chi connectivity index (χ0) is 41.3. The minimum absolute atomic E-state index is 0. The first-order valence-corrected chi connectivity index (χ1v) is 15.5. The van der Waals surface area contributed by atoms with E-state index in [9.17, 15) is 52.7 Å². The molecule has 303 valence electrons. The molecule has 0 spiro atoms. The summed E-state index contributed by atoms with van der Waals surface area (Å²) in [6, 6.07) is 12.9. The van der Waals surface area contributed by atoms with E-state index in [2.05, 4.69) is 40.0 Å². The molecule has 0 saturated carbocycles. The van der Waals surface area contributed by atoms with E-state index in [-0.39, 0.29) is 32.2 Å². The molecule has 4 aromatic heterocycles. The Labute approximate surface area is 325 Å². The molecule has 0 aliphatic heterocycles. The Balaban J connectivity index is 0.000000235. The quantitative estimate of drug-likeness (QED) is 0.102. The second-order valence-corrected chi connectivity index (χ2v) is 11.8. The Morgan fingerprint density at radius 3 is 1.32 bits per heavy atom. The minimum Gasteiger partial charge on any atom is -0.574 e. The summed E-state index contributed by atoms with van der Waals surface area (Å²) >= 11 is 0. The van der Waals surface area contributed by atoms with Gasteiger partial charge in [0.15, 0.2) is 0 Å². The third-order valence-corrected chi connectivity index (χ3v) is 8.17. The third-order valence-electron chi connectivity index (χ3n) is 8.17. The number of aromatic nitrogens is 7. The Bertz CT molecular complexity index is 2110. The number of hydrogen-bond acceptors (Lipinski definition) is 2. The molecule has 0 aliphatic carbocycles. The molecule has 1 radical (unpaired) electrons. The van der Waals surface area contributed by atoms with Gasteiger partial charge in [-0.2, -0.15) is 89.1 Å². The summed E-state index contributed by atoms with van der Waals surface area (Å²) in [5.41, 5.74) is -2.78. The predicted molar refractivity (Wildman–Crippen MR) is 169 cm³/mol. The summed E-state index contributed by atoms with van der Waals surface area (Å²) in [4.78, 5) is 4.12. The Morgan fingerprint density at radius 2 is 1.04 bits per heavy atom. The van der Waals surface area contributed by atoms with Crippen LogP contribution in [0, 0.1) is 52.5 Å². The average molecular weight is 979 g/mol. The summed E-state index contributed by atoms with van der Waals surface area (Å²) in [7, 11) is 3.16. The Morgan fingerprint density at radius 1 is 0.607 bits per heavy atom. The van der Waals surface area contributed by atoms with Crippen molar-refractivity contribution in [2.75, 3.05) is 0 Å². The summed E-state index contributed by atoms with van der Waals surface area (Å²) in [6.45, 7) is 6.44. The van der Waals surface area contributed by atoms with Gasteiger partial charge in [0.1, 0.15) is 0 Å². The van der Waals surface area contributed by atoms with E-state index in [1.807, 2.05) is 24.3 Å². The second kappa shape index (κ2) is 17.0. The van der Waals surface area contributed by atoms with Crippen molar-refractivity contribution in [3.63, 3.8) is 0 Å². The number of alkyl halides is 12. The molecule has 0 amide bonds. The van der Waals surface area contributed by atoms with Crippen molar-refractivity contribution in [2.24, 2.45) is 14.1 Å². The van der Waals surface area contributed by atoms with Gasteiger partial charge >= 0.3 is 24.7 Å². The number of imidazole rings is 2. The maximum atomic E-state index is 13.1. The smallest absolute Gasteiger partial charge is 0.370 e.